The minimum absolute atomic E-state index is 0.260. The highest BCUT2D eigenvalue weighted by Gasteiger charge is 2.14. The molecule has 1 aromatic carbocycles. The van der Waals surface area contributed by atoms with Gasteiger partial charge in [-0.25, -0.2) is 0 Å². The Bertz CT molecular complexity index is 522. The topological polar surface area (TPSA) is 140 Å². The number of hydrogen-bond acceptors (Lipinski definition) is 6. The van der Waals surface area contributed by atoms with Crippen LogP contribution in [-0.2, 0) is 9.59 Å². The Labute approximate surface area is 128 Å². The van der Waals surface area contributed by atoms with Crippen LogP contribution >= 0.6 is 0 Å². The molecule has 0 saturated carbocycles. The van der Waals surface area contributed by atoms with E-state index < -0.39 is 12.0 Å². The number of aliphatic carboxylic acids is 1. The Hall–Kier alpha value is -2.32. The van der Waals surface area contributed by atoms with E-state index in [4.69, 9.17) is 21.3 Å². The van der Waals surface area contributed by atoms with E-state index in [0.717, 1.165) is 0 Å². The SMILES string of the molecule is COc1ccc(NC(=O)C(N)CCCN)cc1NCC(=O)O. The second-order valence-electron chi connectivity index (χ2n) is 4.69. The fraction of sp³-hybridized carbons (Fsp3) is 0.429. The highest BCUT2D eigenvalue weighted by molar-refractivity contribution is 5.95. The normalized spacial score (nSPS) is 11.6. The molecule has 22 heavy (non-hydrogen) atoms. The summed E-state index contributed by atoms with van der Waals surface area (Å²) in [5, 5.41) is 14.1. The fourth-order valence-corrected chi connectivity index (χ4v) is 1.80. The summed E-state index contributed by atoms with van der Waals surface area (Å²) in [5.41, 5.74) is 12.1. The lowest BCUT2D eigenvalue weighted by atomic mass is 10.1. The number of anilines is 2. The predicted molar refractivity (Wildman–Crippen MR) is 84.0 cm³/mol. The highest BCUT2D eigenvalue weighted by Crippen LogP contribution is 2.27. The smallest absolute Gasteiger partial charge is 0.322 e. The lowest BCUT2D eigenvalue weighted by Crippen LogP contribution is -2.36. The first-order valence-electron chi connectivity index (χ1n) is 6.88. The van der Waals surface area contributed by atoms with E-state index in [1.54, 1.807) is 18.2 Å². The number of hydrogen-bond donors (Lipinski definition) is 5. The zero-order valence-corrected chi connectivity index (χ0v) is 12.5. The van der Waals surface area contributed by atoms with Gasteiger partial charge in [0.2, 0.25) is 5.91 Å². The molecule has 1 unspecified atom stereocenters. The molecule has 0 aromatic heterocycles. The molecule has 0 aliphatic rings. The third-order valence-electron chi connectivity index (χ3n) is 2.95. The molecule has 0 saturated heterocycles. The van der Waals surface area contributed by atoms with Crippen LogP contribution in [0.3, 0.4) is 0 Å². The molecule has 0 spiro atoms. The number of benzene rings is 1. The number of nitrogens with one attached hydrogen (secondary N) is 2. The van der Waals surface area contributed by atoms with Gasteiger partial charge in [0.15, 0.2) is 0 Å². The van der Waals surface area contributed by atoms with Crippen molar-refractivity contribution in [1.29, 1.82) is 0 Å². The summed E-state index contributed by atoms with van der Waals surface area (Å²) < 4.78 is 5.13. The van der Waals surface area contributed by atoms with E-state index in [2.05, 4.69) is 10.6 Å². The molecule has 8 heteroatoms. The van der Waals surface area contributed by atoms with Gasteiger partial charge in [-0.05, 0) is 37.6 Å². The Balaban J connectivity index is 2.76. The van der Waals surface area contributed by atoms with Crippen LogP contribution in [0.25, 0.3) is 0 Å². The Morgan fingerprint density at radius 2 is 2.14 bits per heavy atom. The molecule has 122 valence electrons. The van der Waals surface area contributed by atoms with E-state index in [9.17, 15) is 9.59 Å². The van der Waals surface area contributed by atoms with Crippen molar-refractivity contribution in [1.82, 2.24) is 0 Å². The van der Waals surface area contributed by atoms with Gasteiger partial charge in [-0.1, -0.05) is 0 Å². The Kier molecular flexibility index (Phi) is 7.14. The van der Waals surface area contributed by atoms with Crippen molar-refractivity contribution in [2.24, 2.45) is 11.5 Å². The third-order valence-corrected chi connectivity index (χ3v) is 2.95. The molecule has 0 radical (unpaired) electrons. The average Bonchev–Trinajstić information content (AvgIpc) is 2.50. The minimum Gasteiger partial charge on any atom is -0.495 e. The van der Waals surface area contributed by atoms with Gasteiger partial charge in [0.05, 0.1) is 18.8 Å². The molecule has 1 rings (SSSR count). The first-order valence-corrected chi connectivity index (χ1v) is 6.88. The second kappa shape index (κ2) is 8.85. The van der Waals surface area contributed by atoms with E-state index in [1.807, 2.05) is 0 Å². The zero-order chi connectivity index (χ0) is 16.5. The van der Waals surface area contributed by atoms with Crippen molar-refractivity contribution < 1.29 is 19.4 Å². The van der Waals surface area contributed by atoms with Gasteiger partial charge in [-0.3, -0.25) is 9.59 Å². The van der Waals surface area contributed by atoms with Crippen molar-refractivity contribution >= 4 is 23.3 Å². The Morgan fingerprint density at radius 1 is 1.41 bits per heavy atom. The highest BCUT2D eigenvalue weighted by atomic mass is 16.5. The molecule has 7 N–H and O–H groups in total. The third kappa shape index (κ3) is 5.58. The first kappa shape index (κ1) is 17.7. The van der Waals surface area contributed by atoms with Crippen molar-refractivity contribution in [3.8, 4) is 5.75 Å². The molecule has 1 atom stereocenters. The number of carboxylic acids is 1. The molecular formula is C14H22N4O4. The maximum atomic E-state index is 11.9. The maximum absolute atomic E-state index is 11.9. The fourth-order valence-electron chi connectivity index (χ4n) is 1.80. The molecule has 0 aliphatic heterocycles. The number of carbonyl (C=O) groups is 2. The molecule has 0 aliphatic carbocycles. The van der Waals surface area contributed by atoms with Gasteiger partial charge in [-0.15, -0.1) is 0 Å². The van der Waals surface area contributed by atoms with Crippen LogP contribution < -0.4 is 26.8 Å². The van der Waals surface area contributed by atoms with Crippen LogP contribution in [0.5, 0.6) is 5.75 Å². The first-order chi connectivity index (χ1) is 10.5. The van der Waals surface area contributed by atoms with Crippen LogP contribution in [0, 0.1) is 0 Å². The summed E-state index contributed by atoms with van der Waals surface area (Å²) >= 11 is 0. The van der Waals surface area contributed by atoms with E-state index >= 15 is 0 Å². The monoisotopic (exact) mass is 310 g/mol. The summed E-state index contributed by atoms with van der Waals surface area (Å²) in [4.78, 5) is 22.6. The number of carboxylic acid groups (broad SMARTS) is 1. The lowest BCUT2D eigenvalue weighted by Gasteiger charge is -2.14. The standard InChI is InChI=1S/C14H22N4O4/c1-22-12-5-4-9(7-11(12)17-8-13(19)20)18-14(21)10(16)3-2-6-15/h4-5,7,10,17H,2-3,6,8,15-16H2,1H3,(H,18,21)(H,19,20). The number of amides is 1. The summed E-state index contributed by atoms with van der Waals surface area (Å²) in [6.45, 7) is 0.219. The predicted octanol–water partition coefficient (Wildman–Crippen LogP) is 0.196. The van der Waals surface area contributed by atoms with E-state index in [1.165, 1.54) is 7.11 Å². The Morgan fingerprint density at radius 3 is 2.73 bits per heavy atom. The van der Waals surface area contributed by atoms with Gasteiger partial charge in [-0.2, -0.15) is 0 Å². The molecular weight excluding hydrogens is 288 g/mol. The second-order valence-corrected chi connectivity index (χ2v) is 4.69. The summed E-state index contributed by atoms with van der Waals surface area (Å²) in [5.74, 6) is -0.838. The molecule has 8 nitrogen and oxygen atoms in total. The van der Waals surface area contributed by atoms with Crippen LogP contribution in [0.2, 0.25) is 0 Å². The van der Waals surface area contributed by atoms with Gasteiger partial charge in [0, 0.05) is 5.69 Å². The van der Waals surface area contributed by atoms with Crippen molar-refractivity contribution in [2.75, 3.05) is 30.8 Å². The zero-order valence-electron chi connectivity index (χ0n) is 12.5. The number of rotatable bonds is 9. The van der Waals surface area contributed by atoms with Gasteiger partial charge in [0.1, 0.15) is 12.3 Å². The van der Waals surface area contributed by atoms with Gasteiger partial charge < -0.3 is 31.9 Å². The molecule has 0 heterocycles. The van der Waals surface area contributed by atoms with Gasteiger partial charge in [0.25, 0.3) is 0 Å². The van der Waals surface area contributed by atoms with Crippen LogP contribution in [0.4, 0.5) is 11.4 Å². The minimum atomic E-state index is -1.000. The molecule has 0 fully saturated rings. The lowest BCUT2D eigenvalue weighted by molar-refractivity contribution is -0.135. The molecule has 0 bridgehead atoms. The average molecular weight is 310 g/mol. The van der Waals surface area contributed by atoms with Crippen LogP contribution in [-0.4, -0.2) is 43.2 Å². The number of carbonyl (C=O) groups excluding carboxylic acids is 1. The van der Waals surface area contributed by atoms with Crippen LogP contribution in [0.15, 0.2) is 18.2 Å². The number of ether oxygens (including phenoxy) is 1. The maximum Gasteiger partial charge on any atom is 0.322 e. The largest absolute Gasteiger partial charge is 0.495 e. The van der Waals surface area contributed by atoms with Gasteiger partial charge >= 0.3 is 5.97 Å². The quantitative estimate of drug-likeness (QED) is 0.439. The number of methoxy groups -OCH3 is 1. The van der Waals surface area contributed by atoms with Crippen molar-refractivity contribution in [3.05, 3.63) is 18.2 Å². The van der Waals surface area contributed by atoms with Crippen LogP contribution in [0.1, 0.15) is 12.8 Å². The van der Waals surface area contributed by atoms with Crippen molar-refractivity contribution in [2.45, 2.75) is 18.9 Å². The summed E-state index contributed by atoms with van der Waals surface area (Å²) in [6.07, 6.45) is 1.17. The van der Waals surface area contributed by atoms with Crippen molar-refractivity contribution in [3.63, 3.8) is 0 Å². The number of nitrogens with two attached hydrogens (primary N) is 2. The van der Waals surface area contributed by atoms with E-state index in [-0.39, 0.29) is 12.5 Å². The summed E-state index contributed by atoms with van der Waals surface area (Å²) in [6, 6.07) is 4.24. The van der Waals surface area contributed by atoms with E-state index in [0.29, 0.717) is 36.5 Å². The molecule has 1 amide bonds. The summed E-state index contributed by atoms with van der Waals surface area (Å²) in [7, 11) is 1.47. The molecule has 1 aromatic rings.